The number of thiophene rings is 1. The van der Waals surface area contributed by atoms with E-state index in [4.69, 9.17) is 10.2 Å². The fourth-order valence-corrected chi connectivity index (χ4v) is 3.66. The Morgan fingerprint density at radius 3 is 2.46 bits per heavy atom. The summed E-state index contributed by atoms with van der Waals surface area (Å²) in [4.78, 5) is 30.6. The van der Waals surface area contributed by atoms with Crippen molar-refractivity contribution in [2.75, 3.05) is 18.0 Å². The van der Waals surface area contributed by atoms with Gasteiger partial charge in [0.1, 0.15) is 5.82 Å². The highest BCUT2D eigenvalue weighted by Gasteiger charge is 2.38. The normalized spacial score (nSPS) is 20.8. The van der Waals surface area contributed by atoms with Crippen molar-refractivity contribution in [3.8, 4) is 11.3 Å². The van der Waals surface area contributed by atoms with Crippen molar-refractivity contribution in [1.82, 2.24) is 15.3 Å². The molecule has 3 N–H and O–H groups in total. The van der Waals surface area contributed by atoms with Crippen LogP contribution in [0.3, 0.4) is 0 Å². The molecular formula is C17H18N4O4S. The summed E-state index contributed by atoms with van der Waals surface area (Å²) < 4.78 is 0. The smallest absolute Gasteiger partial charge is 0.328 e. The number of hydrogen-bond donors (Lipinski definition) is 3. The first-order valence-corrected chi connectivity index (χ1v) is 8.96. The van der Waals surface area contributed by atoms with Gasteiger partial charge in [-0.2, -0.15) is 11.3 Å². The van der Waals surface area contributed by atoms with E-state index in [2.05, 4.69) is 37.0 Å². The van der Waals surface area contributed by atoms with Gasteiger partial charge < -0.3 is 20.4 Å². The van der Waals surface area contributed by atoms with Gasteiger partial charge in [0.05, 0.1) is 18.1 Å². The minimum absolute atomic E-state index is 0.558. The number of nitrogens with zero attached hydrogens (tertiary/aromatic N) is 3. The van der Waals surface area contributed by atoms with E-state index in [-0.39, 0.29) is 0 Å². The van der Waals surface area contributed by atoms with Crippen LogP contribution in [0.4, 0.5) is 5.82 Å². The molecule has 2 aliphatic rings. The summed E-state index contributed by atoms with van der Waals surface area (Å²) in [5.74, 6) is -1.50. The molecule has 2 aliphatic heterocycles. The molecule has 0 aliphatic carbocycles. The second-order valence-electron chi connectivity index (χ2n) is 5.93. The molecule has 4 rings (SSSR count). The van der Waals surface area contributed by atoms with Crippen molar-refractivity contribution in [1.29, 1.82) is 0 Å². The summed E-state index contributed by atoms with van der Waals surface area (Å²) >= 11 is 1.69. The van der Waals surface area contributed by atoms with Gasteiger partial charge in [-0.05, 0) is 17.9 Å². The Morgan fingerprint density at radius 1 is 1.23 bits per heavy atom. The van der Waals surface area contributed by atoms with Gasteiger partial charge in [0.25, 0.3) is 0 Å². The van der Waals surface area contributed by atoms with E-state index in [0.29, 0.717) is 24.2 Å². The second-order valence-corrected chi connectivity index (χ2v) is 6.71. The lowest BCUT2D eigenvalue weighted by atomic mass is 10.2. The van der Waals surface area contributed by atoms with Crippen LogP contribution < -0.4 is 10.2 Å². The fourth-order valence-electron chi connectivity index (χ4n) is 3.01. The monoisotopic (exact) mass is 374 g/mol. The number of hydrogen-bond acceptors (Lipinski definition) is 7. The van der Waals surface area contributed by atoms with Crippen molar-refractivity contribution in [2.45, 2.75) is 18.5 Å². The van der Waals surface area contributed by atoms with Crippen molar-refractivity contribution < 1.29 is 19.8 Å². The molecule has 2 saturated heterocycles. The van der Waals surface area contributed by atoms with Crippen LogP contribution in [-0.2, 0) is 9.59 Å². The lowest BCUT2D eigenvalue weighted by Crippen LogP contribution is -2.44. The Balaban J connectivity index is 0.000000211. The van der Waals surface area contributed by atoms with Crippen LogP contribution in [0.2, 0.25) is 0 Å². The summed E-state index contributed by atoms with van der Waals surface area (Å²) in [6, 6.07) is 3.33. The Hall–Kier alpha value is -2.78. The zero-order valence-corrected chi connectivity index (χ0v) is 14.6. The third-order valence-corrected chi connectivity index (χ3v) is 4.86. The minimum Gasteiger partial charge on any atom is -0.478 e. The zero-order valence-electron chi connectivity index (χ0n) is 13.8. The number of anilines is 1. The average Bonchev–Trinajstić information content (AvgIpc) is 3.38. The van der Waals surface area contributed by atoms with Crippen molar-refractivity contribution in [3.63, 3.8) is 0 Å². The van der Waals surface area contributed by atoms with Gasteiger partial charge >= 0.3 is 11.9 Å². The van der Waals surface area contributed by atoms with Gasteiger partial charge in [-0.3, -0.25) is 4.98 Å². The van der Waals surface area contributed by atoms with E-state index in [1.54, 1.807) is 11.3 Å². The average molecular weight is 374 g/mol. The summed E-state index contributed by atoms with van der Waals surface area (Å²) in [6.07, 6.45) is 6.16. The topological polar surface area (TPSA) is 116 Å². The summed E-state index contributed by atoms with van der Waals surface area (Å²) in [7, 11) is 0. The van der Waals surface area contributed by atoms with Crippen molar-refractivity contribution in [3.05, 3.63) is 41.4 Å². The molecule has 9 heteroatoms. The Kier molecular flexibility index (Phi) is 5.59. The lowest BCUT2D eigenvalue weighted by Gasteiger charge is -2.28. The molecule has 136 valence electrons. The molecule has 0 spiro atoms. The van der Waals surface area contributed by atoms with Crippen LogP contribution in [-0.4, -0.2) is 57.3 Å². The van der Waals surface area contributed by atoms with Crippen LogP contribution in [0.15, 0.2) is 41.4 Å². The Labute approximate surface area is 153 Å². The standard InChI is InChI=1S/C13H14N4S.C4H4O4/c1-2-18-8-9(1)12-5-16-13(6-15-12)17-7-10-3-11(17)4-14-10;5-3(6)1-2-4(7)8/h1-2,5-6,8,10-11,14H,3-4,7H2;1-2H,(H,5,6)(H,7,8)/b;2-1+/t10-,11-;/m0./s1. The number of carboxylic acids is 2. The molecule has 0 aromatic carbocycles. The summed E-state index contributed by atoms with van der Waals surface area (Å²) in [6.45, 7) is 2.15. The van der Waals surface area contributed by atoms with E-state index >= 15 is 0 Å². The quantitative estimate of drug-likeness (QED) is 0.689. The van der Waals surface area contributed by atoms with Crippen LogP contribution in [0, 0.1) is 0 Å². The van der Waals surface area contributed by atoms with Gasteiger partial charge in [0.2, 0.25) is 0 Å². The first kappa shape index (κ1) is 18.0. The van der Waals surface area contributed by atoms with Crippen LogP contribution in [0.1, 0.15) is 6.42 Å². The van der Waals surface area contributed by atoms with Gasteiger partial charge in [-0.15, -0.1) is 0 Å². The van der Waals surface area contributed by atoms with E-state index in [1.807, 2.05) is 12.4 Å². The first-order chi connectivity index (χ1) is 12.5. The highest BCUT2D eigenvalue weighted by molar-refractivity contribution is 7.08. The maximum atomic E-state index is 9.55. The third-order valence-electron chi connectivity index (χ3n) is 4.17. The number of rotatable bonds is 4. The number of nitrogens with one attached hydrogen (secondary N) is 1. The third kappa shape index (κ3) is 4.44. The molecule has 0 radical (unpaired) electrons. The Morgan fingerprint density at radius 2 is 2.00 bits per heavy atom. The van der Waals surface area contributed by atoms with Gasteiger partial charge in [0.15, 0.2) is 0 Å². The number of carbonyl (C=O) groups is 2. The molecule has 2 aromatic rings. The van der Waals surface area contributed by atoms with Crippen LogP contribution in [0.25, 0.3) is 11.3 Å². The van der Waals surface area contributed by atoms with Gasteiger partial charge in [0, 0.05) is 48.3 Å². The fraction of sp³-hybridized carbons (Fsp3) is 0.294. The molecule has 0 saturated carbocycles. The minimum atomic E-state index is -1.26. The molecule has 8 nitrogen and oxygen atoms in total. The summed E-state index contributed by atoms with van der Waals surface area (Å²) in [5, 5.41) is 23.3. The predicted octanol–water partition coefficient (Wildman–Crippen LogP) is 1.47. The number of aromatic nitrogens is 2. The molecule has 0 unspecified atom stereocenters. The van der Waals surface area contributed by atoms with Gasteiger partial charge in [-0.1, -0.05) is 0 Å². The SMILES string of the molecule is O=C(O)/C=C/C(=O)O.c1cc(-c2cnc(N3C[C@@H]4C[C@H]3CN4)cn2)cs1. The zero-order chi connectivity index (χ0) is 18.5. The first-order valence-electron chi connectivity index (χ1n) is 8.01. The molecule has 4 heterocycles. The maximum Gasteiger partial charge on any atom is 0.328 e. The number of piperazine rings is 1. The number of carboxylic acid groups (broad SMARTS) is 2. The van der Waals surface area contributed by atoms with Gasteiger partial charge in [-0.25, -0.2) is 14.6 Å². The molecule has 2 bridgehead atoms. The molecular weight excluding hydrogens is 356 g/mol. The van der Waals surface area contributed by atoms with E-state index in [0.717, 1.165) is 30.2 Å². The van der Waals surface area contributed by atoms with E-state index in [1.165, 1.54) is 6.42 Å². The molecule has 2 aromatic heterocycles. The highest BCUT2D eigenvalue weighted by Crippen LogP contribution is 2.28. The van der Waals surface area contributed by atoms with Crippen molar-refractivity contribution >= 4 is 29.1 Å². The number of fused-ring (bicyclic) bond motifs is 2. The van der Waals surface area contributed by atoms with E-state index < -0.39 is 11.9 Å². The van der Waals surface area contributed by atoms with Crippen molar-refractivity contribution in [2.24, 2.45) is 0 Å². The largest absolute Gasteiger partial charge is 0.478 e. The van der Waals surface area contributed by atoms with Crippen LogP contribution in [0.5, 0.6) is 0 Å². The maximum absolute atomic E-state index is 9.55. The molecule has 2 fully saturated rings. The second kappa shape index (κ2) is 8.07. The molecule has 2 atom stereocenters. The number of aliphatic carboxylic acids is 2. The Bertz CT molecular complexity index is 776. The van der Waals surface area contributed by atoms with Crippen LogP contribution >= 0.6 is 11.3 Å². The summed E-state index contributed by atoms with van der Waals surface area (Å²) in [5.41, 5.74) is 2.12. The molecule has 26 heavy (non-hydrogen) atoms. The lowest BCUT2D eigenvalue weighted by molar-refractivity contribution is -0.134. The molecule has 0 amide bonds. The predicted molar refractivity (Wildman–Crippen MR) is 97.3 cm³/mol. The van der Waals surface area contributed by atoms with E-state index in [9.17, 15) is 9.59 Å². The highest BCUT2D eigenvalue weighted by atomic mass is 32.1.